The minimum atomic E-state index is -3.88. The Morgan fingerprint density at radius 1 is 0.647 bits per heavy atom. The van der Waals surface area contributed by atoms with Gasteiger partial charge in [0.15, 0.2) is 0 Å². The van der Waals surface area contributed by atoms with Crippen LogP contribution in [0.5, 0.6) is 0 Å². The standard InChI is InChI=1S/C29H38N2O2S/c1-19(2)24-17-25(20(3)4)29(26(18-24)21(5)6)34(32,33)31-28(23-15-11-8-12-16-23)27(30)22-13-9-7-10-14-22/h7-21,27-28,31H,30H2,1-6H3/t27-,28?/m0/s1. The lowest BCUT2D eigenvalue weighted by atomic mass is 9.89. The molecule has 3 N–H and O–H groups in total. The van der Waals surface area contributed by atoms with Crippen LogP contribution in [-0.2, 0) is 10.0 Å². The molecule has 0 saturated carbocycles. The molecule has 0 amide bonds. The van der Waals surface area contributed by atoms with Gasteiger partial charge < -0.3 is 5.73 Å². The highest BCUT2D eigenvalue weighted by atomic mass is 32.2. The highest BCUT2D eigenvalue weighted by molar-refractivity contribution is 7.89. The van der Waals surface area contributed by atoms with Crippen molar-refractivity contribution in [1.29, 1.82) is 0 Å². The molecule has 0 aliphatic carbocycles. The first-order valence-corrected chi connectivity index (χ1v) is 13.6. The molecule has 0 saturated heterocycles. The van der Waals surface area contributed by atoms with Crippen molar-refractivity contribution in [3.05, 3.63) is 101 Å². The monoisotopic (exact) mass is 478 g/mol. The molecule has 3 aromatic carbocycles. The molecule has 0 aliphatic rings. The molecule has 2 atom stereocenters. The van der Waals surface area contributed by atoms with Crippen molar-refractivity contribution in [1.82, 2.24) is 4.72 Å². The van der Waals surface area contributed by atoms with Gasteiger partial charge in [-0.2, -0.15) is 0 Å². The average Bonchev–Trinajstić information content (AvgIpc) is 2.82. The quantitative estimate of drug-likeness (QED) is 0.356. The molecule has 0 radical (unpaired) electrons. The van der Waals surface area contributed by atoms with Gasteiger partial charge in [-0.15, -0.1) is 0 Å². The lowest BCUT2D eigenvalue weighted by Crippen LogP contribution is -2.37. The average molecular weight is 479 g/mol. The minimum absolute atomic E-state index is 0.0562. The SMILES string of the molecule is CC(C)c1cc(C(C)C)c(S(=O)(=O)NC(c2ccccc2)[C@@H](N)c2ccccc2)c(C(C)C)c1. The second kappa shape index (κ2) is 10.9. The van der Waals surface area contributed by atoms with Gasteiger partial charge in [0, 0.05) is 0 Å². The van der Waals surface area contributed by atoms with Crippen molar-refractivity contribution in [2.45, 2.75) is 76.3 Å². The second-order valence-corrected chi connectivity index (χ2v) is 11.6. The molecule has 182 valence electrons. The smallest absolute Gasteiger partial charge is 0.241 e. The predicted octanol–water partition coefficient (Wildman–Crippen LogP) is 6.78. The van der Waals surface area contributed by atoms with E-state index in [0.29, 0.717) is 10.8 Å². The van der Waals surface area contributed by atoms with Gasteiger partial charge in [-0.1, -0.05) is 114 Å². The van der Waals surface area contributed by atoms with Crippen molar-refractivity contribution < 1.29 is 8.42 Å². The van der Waals surface area contributed by atoms with Crippen molar-refractivity contribution in [2.24, 2.45) is 5.73 Å². The molecule has 0 aromatic heterocycles. The molecule has 4 nitrogen and oxygen atoms in total. The number of sulfonamides is 1. The Balaban J connectivity index is 2.17. The van der Waals surface area contributed by atoms with Crippen LogP contribution in [0.15, 0.2) is 77.7 Å². The van der Waals surface area contributed by atoms with Crippen molar-refractivity contribution >= 4 is 10.0 Å². The zero-order valence-electron chi connectivity index (χ0n) is 21.1. The van der Waals surface area contributed by atoms with Crippen molar-refractivity contribution in [3.63, 3.8) is 0 Å². The molecule has 0 spiro atoms. The Hall–Kier alpha value is -2.47. The van der Waals surface area contributed by atoms with E-state index in [4.69, 9.17) is 5.73 Å². The fourth-order valence-corrected chi connectivity index (χ4v) is 6.25. The summed E-state index contributed by atoms with van der Waals surface area (Å²) in [5.74, 6) is 0.421. The highest BCUT2D eigenvalue weighted by Crippen LogP contribution is 2.37. The highest BCUT2D eigenvalue weighted by Gasteiger charge is 2.32. The maximum absolute atomic E-state index is 14.1. The first-order chi connectivity index (χ1) is 16.0. The van der Waals surface area contributed by atoms with Gasteiger partial charge in [-0.25, -0.2) is 13.1 Å². The third-order valence-corrected chi connectivity index (χ3v) is 7.91. The summed E-state index contributed by atoms with van der Waals surface area (Å²) in [6, 6.07) is 22.2. The van der Waals surface area contributed by atoms with Gasteiger partial charge in [0.2, 0.25) is 10.0 Å². The number of hydrogen-bond acceptors (Lipinski definition) is 3. The molecular formula is C29H38N2O2S. The number of nitrogens with one attached hydrogen (secondary N) is 1. The first-order valence-electron chi connectivity index (χ1n) is 12.1. The fourth-order valence-electron chi connectivity index (χ4n) is 4.30. The predicted molar refractivity (Wildman–Crippen MR) is 142 cm³/mol. The normalized spacial score (nSPS) is 14.1. The molecule has 0 bridgehead atoms. The van der Waals surface area contributed by atoms with E-state index in [9.17, 15) is 8.42 Å². The molecule has 34 heavy (non-hydrogen) atoms. The van der Waals surface area contributed by atoms with Crippen LogP contribution in [-0.4, -0.2) is 8.42 Å². The molecule has 0 heterocycles. The van der Waals surface area contributed by atoms with Crippen LogP contribution in [0, 0.1) is 0 Å². The Bertz CT molecular complexity index is 1160. The lowest BCUT2D eigenvalue weighted by Gasteiger charge is -2.28. The maximum atomic E-state index is 14.1. The van der Waals surface area contributed by atoms with Gasteiger partial charge in [0.05, 0.1) is 17.0 Å². The van der Waals surface area contributed by atoms with Gasteiger partial charge >= 0.3 is 0 Å². The van der Waals surface area contributed by atoms with E-state index in [1.54, 1.807) is 0 Å². The summed E-state index contributed by atoms with van der Waals surface area (Å²) in [6.07, 6.45) is 0. The van der Waals surface area contributed by atoms with E-state index in [1.165, 1.54) is 0 Å². The number of hydrogen-bond donors (Lipinski definition) is 2. The van der Waals surface area contributed by atoms with Crippen LogP contribution in [0.1, 0.15) is 99.2 Å². The zero-order valence-corrected chi connectivity index (χ0v) is 21.9. The van der Waals surface area contributed by atoms with Gasteiger partial charge in [-0.3, -0.25) is 0 Å². The molecule has 3 rings (SSSR count). The summed E-state index contributed by atoms with van der Waals surface area (Å²) in [4.78, 5) is 0.392. The van der Waals surface area contributed by atoms with E-state index < -0.39 is 22.1 Å². The summed E-state index contributed by atoms with van der Waals surface area (Å²) >= 11 is 0. The number of rotatable bonds is 9. The summed E-state index contributed by atoms with van der Waals surface area (Å²) in [7, 11) is -3.88. The van der Waals surface area contributed by atoms with Crippen molar-refractivity contribution in [2.75, 3.05) is 0 Å². The van der Waals surface area contributed by atoms with E-state index >= 15 is 0 Å². The molecular weight excluding hydrogens is 440 g/mol. The Labute approximate surface area is 205 Å². The summed E-state index contributed by atoms with van der Waals surface area (Å²) in [5, 5.41) is 0. The zero-order chi connectivity index (χ0) is 25.0. The van der Waals surface area contributed by atoms with E-state index in [-0.39, 0.29) is 11.8 Å². The van der Waals surface area contributed by atoms with Crippen LogP contribution < -0.4 is 10.5 Å². The van der Waals surface area contributed by atoms with Crippen molar-refractivity contribution in [3.8, 4) is 0 Å². The fraction of sp³-hybridized carbons (Fsp3) is 0.379. The maximum Gasteiger partial charge on any atom is 0.241 e. The Morgan fingerprint density at radius 2 is 1.09 bits per heavy atom. The molecule has 1 unspecified atom stereocenters. The molecule has 3 aromatic rings. The molecule has 0 fully saturated rings. The first kappa shape index (κ1) is 26.1. The molecule has 0 aliphatic heterocycles. The number of benzene rings is 3. The Kier molecular flexibility index (Phi) is 8.34. The summed E-state index contributed by atoms with van der Waals surface area (Å²) < 4.78 is 31.2. The van der Waals surface area contributed by atoms with Crippen LogP contribution in [0.2, 0.25) is 0 Å². The third-order valence-electron chi connectivity index (χ3n) is 6.33. The van der Waals surface area contributed by atoms with E-state index in [0.717, 1.165) is 27.8 Å². The topological polar surface area (TPSA) is 72.2 Å². The van der Waals surface area contributed by atoms with Crippen LogP contribution in [0.4, 0.5) is 0 Å². The van der Waals surface area contributed by atoms with Gasteiger partial charge in [0.25, 0.3) is 0 Å². The summed E-state index contributed by atoms with van der Waals surface area (Å²) in [5.41, 5.74) is 11.3. The molecule has 5 heteroatoms. The van der Waals surface area contributed by atoms with Gasteiger partial charge in [-0.05, 0) is 45.6 Å². The number of nitrogens with two attached hydrogens (primary N) is 1. The van der Waals surface area contributed by atoms with E-state index in [2.05, 4.69) is 30.7 Å². The van der Waals surface area contributed by atoms with E-state index in [1.807, 2.05) is 88.4 Å². The Morgan fingerprint density at radius 3 is 1.50 bits per heavy atom. The largest absolute Gasteiger partial charge is 0.322 e. The lowest BCUT2D eigenvalue weighted by molar-refractivity contribution is 0.502. The minimum Gasteiger partial charge on any atom is -0.322 e. The summed E-state index contributed by atoms with van der Waals surface area (Å²) in [6.45, 7) is 12.5. The van der Waals surface area contributed by atoms with Crippen LogP contribution in [0.25, 0.3) is 0 Å². The van der Waals surface area contributed by atoms with Crippen LogP contribution >= 0.6 is 0 Å². The van der Waals surface area contributed by atoms with Crippen LogP contribution in [0.3, 0.4) is 0 Å². The second-order valence-electron chi connectivity index (χ2n) is 9.94. The van der Waals surface area contributed by atoms with Gasteiger partial charge in [0.1, 0.15) is 0 Å². The third kappa shape index (κ3) is 5.77.